The second-order valence-electron chi connectivity index (χ2n) is 8.77. The molecule has 3 atom stereocenters. The van der Waals surface area contributed by atoms with E-state index in [1.807, 2.05) is 32.0 Å². The highest BCUT2D eigenvalue weighted by Gasteiger charge is 2.28. The number of quaternary nitrogens is 1. The Morgan fingerprint density at radius 1 is 1.06 bits per heavy atom. The third-order valence-corrected chi connectivity index (χ3v) is 5.72. The Balaban J connectivity index is 1.75. The minimum Gasteiger partial charge on any atom is -0.507 e. The number of nitrogens with one attached hydrogen (secondary N) is 1. The molecule has 0 spiro atoms. The smallest absolute Gasteiger partial charge is 0.235 e. The first-order chi connectivity index (χ1) is 14.7. The number of morpholine rings is 1. The fraction of sp³-hybridized carbons (Fsp3) is 0.400. The largest absolute Gasteiger partial charge is 0.507 e. The van der Waals surface area contributed by atoms with Crippen molar-refractivity contribution in [3.05, 3.63) is 63.0 Å². The molecule has 31 heavy (non-hydrogen) atoms. The molecule has 2 N–H and O–H groups in total. The lowest BCUT2D eigenvalue weighted by Gasteiger charge is -2.32. The van der Waals surface area contributed by atoms with E-state index in [9.17, 15) is 9.90 Å². The van der Waals surface area contributed by atoms with Crippen LogP contribution in [-0.2, 0) is 11.3 Å². The predicted molar refractivity (Wildman–Crippen MR) is 119 cm³/mol. The van der Waals surface area contributed by atoms with Crippen molar-refractivity contribution in [1.82, 2.24) is 0 Å². The molecule has 0 bridgehead atoms. The zero-order valence-electron chi connectivity index (χ0n) is 18.7. The van der Waals surface area contributed by atoms with Crippen molar-refractivity contribution in [1.29, 1.82) is 0 Å². The first kappa shape index (κ1) is 21.4. The second-order valence-corrected chi connectivity index (χ2v) is 8.77. The number of rotatable bonds is 4. The molecule has 1 aromatic heterocycles. The molecule has 1 unspecified atom stereocenters. The van der Waals surface area contributed by atoms with Gasteiger partial charge < -0.3 is 23.9 Å². The van der Waals surface area contributed by atoms with Gasteiger partial charge in [0.15, 0.2) is 5.58 Å². The monoisotopic (exact) mass is 424 g/mol. The topological polar surface area (TPSA) is 73.3 Å². The highest BCUT2D eigenvalue weighted by Crippen LogP contribution is 2.31. The van der Waals surface area contributed by atoms with E-state index in [2.05, 4.69) is 13.8 Å². The summed E-state index contributed by atoms with van der Waals surface area (Å²) in [5.74, 6) is 1.31. The van der Waals surface area contributed by atoms with Gasteiger partial charge in [-0.3, -0.25) is 4.79 Å². The molecular weight excluding hydrogens is 394 g/mol. The van der Waals surface area contributed by atoms with Crippen LogP contribution in [0.4, 0.5) is 0 Å². The van der Waals surface area contributed by atoms with Crippen LogP contribution in [0.25, 0.3) is 11.0 Å². The number of hydrogen-bond donors (Lipinski definition) is 2. The summed E-state index contributed by atoms with van der Waals surface area (Å²) in [6.07, 6.45) is 0.282. The molecule has 0 amide bonds. The van der Waals surface area contributed by atoms with Crippen molar-refractivity contribution < 1.29 is 23.9 Å². The SMILES string of the molecule is Cc1cc(C)cc(Oc2c(C)oc3c(C[NH+]4C[C@@H](C)O[C@@H](C)C4)c(O)ccc3c2=O)c1. The Bertz CT molecular complexity index is 1150. The van der Waals surface area contributed by atoms with Crippen molar-refractivity contribution in [2.45, 2.75) is 53.4 Å². The third-order valence-electron chi connectivity index (χ3n) is 5.72. The average molecular weight is 425 g/mol. The molecule has 3 aromatic rings. The number of benzene rings is 2. The number of phenolic OH excluding ortho intramolecular Hbond substituents is 1. The Morgan fingerprint density at radius 3 is 2.35 bits per heavy atom. The summed E-state index contributed by atoms with van der Waals surface area (Å²) in [4.78, 5) is 14.6. The van der Waals surface area contributed by atoms with Gasteiger partial charge in [-0.2, -0.15) is 0 Å². The lowest BCUT2D eigenvalue weighted by Crippen LogP contribution is -3.14. The van der Waals surface area contributed by atoms with Crippen molar-refractivity contribution in [3.8, 4) is 17.2 Å². The first-order valence-electron chi connectivity index (χ1n) is 10.7. The molecule has 6 nitrogen and oxygen atoms in total. The van der Waals surface area contributed by atoms with E-state index in [1.165, 1.54) is 4.90 Å². The van der Waals surface area contributed by atoms with Crippen molar-refractivity contribution in [2.24, 2.45) is 0 Å². The number of aromatic hydroxyl groups is 1. The van der Waals surface area contributed by atoms with E-state index >= 15 is 0 Å². The maximum Gasteiger partial charge on any atom is 0.235 e. The maximum atomic E-state index is 13.3. The van der Waals surface area contributed by atoms with Crippen LogP contribution < -0.4 is 15.1 Å². The summed E-state index contributed by atoms with van der Waals surface area (Å²) in [5, 5.41) is 11.0. The molecular formula is C25H30NO5+. The third kappa shape index (κ3) is 4.45. The quantitative estimate of drug-likeness (QED) is 0.672. The number of ether oxygens (including phenoxy) is 2. The number of fused-ring (bicyclic) bond motifs is 1. The average Bonchev–Trinajstić information content (AvgIpc) is 2.66. The molecule has 1 fully saturated rings. The molecule has 2 aromatic carbocycles. The Morgan fingerprint density at radius 2 is 1.71 bits per heavy atom. The Kier molecular flexibility index (Phi) is 5.77. The molecule has 4 rings (SSSR count). The molecule has 1 aliphatic heterocycles. The predicted octanol–water partition coefficient (Wildman–Crippen LogP) is 3.41. The second kappa shape index (κ2) is 8.36. The maximum absolute atomic E-state index is 13.3. The van der Waals surface area contributed by atoms with Gasteiger partial charge in [-0.1, -0.05) is 6.07 Å². The molecule has 1 aliphatic rings. The van der Waals surface area contributed by atoms with Crippen LogP contribution in [0, 0.1) is 20.8 Å². The minimum absolute atomic E-state index is 0.136. The molecule has 164 valence electrons. The van der Waals surface area contributed by atoms with Gasteiger partial charge in [-0.15, -0.1) is 0 Å². The molecule has 0 radical (unpaired) electrons. The van der Waals surface area contributed by atoms with E-state index in [0.717, 1.165) is 24.2 Å². The van der Waals surface area contributed by atoms with Gasteiger partial charge in [0.05, 0.1) is 10.9 Å². The van der Waals surface area contributed by atoms with Crippen LogP contribution in [0.2, 0.25) is 0 Å². The Labute approximate surface area is 182 Å². The zero-order valence-corrected chi connectivity index (χ0v) is 18.7. The highest BCUT2D eigenvalue weighted by molar-refractivity contribution is 5.83. The molecule has 0 saturated carbocycles. The summed E-state index contributed by atoms with van der Waals surface area (Å²) in [5.41, 5.74) is 2.95. The zero-order chi connectivity index (χ0) is 22.3. The summed E-state index contributed by atoms with van der Waals surface area (Å²) in [6.45, 7) is 12.0. The number of hydrogen-bond acceptors (Lipinski definition) is 5. The lowest BCUT2D eigenvalue weighted by atomic mass is 10.1. The van der Waals surface area contributed by atoms with Gasteiger partial charge in [-0.25, -0.2) is 0 Å². The number of aryl methyl sites for hydroxylation is 3. The standard InChI is InChI=1S/C25H29NO5/c1-14-8-15(2)10-19(9-14)31-24-18(5)30-25-20(23(24)28)6-7-22(27)21(25)13-26-11-16(3)29-17(4)12-26/h6-10,16-17,27H,11-13H2,1-5H3/p+1/t16-,17+. The first-order valence-corrected chi connectivity index (χ1v) is 10.7. The minimum atomic E-state index is -0.238. The van der Waals surface area contributed by atoms with Gasteiger partial charge in [0, 0.05) is 0 Å². The Hall–Kier alpha value is -2.83. The van der Waals surface area contributed by atoms with Gasteiger partial charge in [0.1, 0.15) is 49.1 Å². The van der Waals surface area contributed by atoms with Crippen molar-refractivity contribution in [2.75, 3.05) is 13.1 Å². The van der Waals surface area contributed by atoms with Gasteiger partial charge in [0.2, 0.25) is 11.2 Å². The summed E-state index contributed by atoms with van der Waals surface area (Å²) in [6, 6.07) is 9.00. The van der Waals surface area contributed by atoms with Crippen LogP contribution in [-0.4, -0.2) is 30.4 Å². The lowest BCUT2D eigenvalue weighted by molar-refractivity contribution is -0.928. The van der Waals surface area contributed by atoms with E-state index in [0.29, 0.717) is 34.6 Å². The number of phenols is 1. The van der Waals surface area contributed by atoms with Crippen LogP contribution in [0.1, 0.15) is 36.3 Å². The van der Waals surface area contributed by atoms with Crippen LogP contribution in [0.5, 0.6) is 17.2 Å². The van der Waals surface area contributed by atoms with Gasteiger partial charge >= 0.3 is 0 Å². The molecule has 1 saturated heterocycles. The van der Waals surface area contributed by atoms with Gasteiger partial charge in [0.25, 0.3) is 0 Å². The fourth-order valence-corrected chi connectivity index (χ4v) is 4.58. The normalized spacial score (nSPS) is 21.4. The van der Waals surface area contributed by atoms with E-state index in [1.54, 1.807) is 19.1 Å². The summed E-state index contributed by atoms with van der Waals surface area (Å²) in [7, 11) is 0. The van der Waals surface area contributed by atoms with E-state index < -0.39 is 0 Å². The van der Waals surface area contributed by atoms with Crippen molar-refractivity contribution >= 4 is 11.0 Å². The van der Waals surface area contributed by atoms with Crippen molar-refractivity contribution in [3.63, 3.8) is 0 Å². The van der Waals surface area contributed by atoms with Crippen LogP contribution in [0.15, 0.2) is 39.5 Å². The fourth-order valence-electron chi connectivity index (χ4n) is 4.58. The molecule has 0 aliphatic carbocycles. The van der Waals surface area contributed by atoms with E-state index in [4.69, 9.17) is 13.9 Å². The van der Waals surface area contributed by atoms with Gasteiger partial charge in [-0.05, 0) is 70.0 Å². The van der Waals surface area contributed by atoms with Crippen LogP contribution >= 0.6 is 0 Å². The summed E-state index contributed by atoms with van der Waals surface area (Å²) >= 11 is 0. The van der Waals surface area contributed by atoms with Crippen LogP contribution in [0.3, 0.4) is 0 Å². The molecule has 2 heterocycles. The highest BCUT2D eigenvalue weighted by atomic mass is 16.5. The summed E-state index contributed by atoms with van der Waals surface area (Å²) < 4.78 is 17.9. The van der Waals surface area contributed by atoms with E-state index in [-0.39, 0.29) is 29.1 Å². The molecule has 6 heteroatoms.